The molecule has 258 valence electrons. The molecule has 0 saturated heterocycles. The summed E-state index contributed by atoms with van der Waals surface area (Å²) < 4.78 is 35.6. The second kappa shape index (κ2) is 16.8. The van der Waals surface area contributed by atoms with Crippen LogP contribution in [0.4, 0.5) is 5.69 Å². The Kier molecular flexibility index (Phi) is 12.1. The molecule has 0 spiro atoms. The van der Waals surface area contributed by atoms with Crippen molar-refractivity contribution in [2.24, 2.45) is 0 Å². The fourth-order valence-corrected chi connectivity index (χ4v) is 6.99. The highest BCUT2D eigenvalue weighted by molar-refractivity contribution is 7.92. The van der Waals surface area contributed by atoms with E-state index in [0.717, 1.165) is 21.0 Å². The predicted molar refractivity (Wildman–Crippen MR) is 197 cm³/mol. The van der Waals surface area contributed by atoms with Gasteiger partial charge >= 0.3 is 0 Å². The first-order valence-corrected chi connectivity index (χ1v) is 18.2. The summed E-state index contributed by atoms with van der Waals surface area (Å²) in [6.45, 7) is 5.43. The Bertz CT molecular complexity index is 1950. The number of amides is 2. The van der Waals surface area contributed by atoms with E-state index in [1.807, 2.05) is 106 Å². The molecule has 0 aliphatic heterocycles. The molecule has 0 saturated carbocycles. The summed E-state index contributed by atoms with van der Waals surface area (Å²) in [5, 5.41) is 3.07. The average Bonchev–Trinajstić information content (AvgIpc) is 3.13. The molecular weight excluding hydrogens is 647 g/mol. The molecule has 1 N–H and O–H groups in total. The highest BCUT2D eigenvalue weighted by Crippen LogP contribution is 2.29. The molecule has 0 fully saturated rings. The van der Waals surface area contributed by atoms with Gasteiger partial charge in [0.25, 0.3) is 10.0 Å². The third-order valence-corrected chi connectivity index (χ3v) is 10.2. The van der Waals surface area contributed by atoms with Gasteiger partial charge in [-0.15, -0.1) is 0 Å². The number of hydrogen-bond donors (Lipinski definition) is 1. The number of para-hydroxylation sites is 1. The Morgan fingerprint density at radius 1 is 0.740 bits per heavy atom. The van der Waals surface area contributed by atoms with E-state index in [0.29, 0.717) is 17.9 Å². The Morgan fingerprint density at radius 3 is 1.94 bits per heavy atom. The van der Waals surface area contributed by atoms with Crippen LogP contribution in [0.3, 0.4) is 0 Å². The lowest BCUT2D eigenvalue weighted by Gasteiger charge is -2.34. The van der Waals surface area contributed by atoms with Crippen LogP contribution in [0.2, 0.25) is 0 Å². The fraction of sp³-hybridized carbons (Fsp3) is 0.220. The van der Waals surface area contributed by atoms with Crippen LogP contribution >= 0.6 is 0 Å². The summed E-state index contributed by atoms with van der Waals surface area (Å²) in [6, 6.07) is 40.1. The van der Waals surface area contributed by atoms with E-state index in [-0.39, 0.29) is 35.5 Å². The van der Waals surface area contributed by atoms with Crippen LogP contribution < -0.4 is 14.4 Å². The first-order chi connectivity index (χ1) is 24.1. The first-order valence-electron chi connectivity index (χ1n) is 16.7. The van der Waals surface area contributed by atoms with Gasteiger partial charge in [0.15, 0.2) is 0 Å². The summed E-state index contributed by atoms with van der Waals surface area (Å²) in [5.74, 6) is 0.324. The van der Waals surface area contributed by atoms with E-state index in [1.54, 1.807) is 42.5 Å². The molecule has 0 heterocycles. The van der Waals surface area contributed by atoms with Crippen molar-refractivity contribution in [2.45, 2.75) is 57.1 Å². The van der Waals surface area contributed by atoms with E-state index in [1.165, 1.54) is 17.0 Å². The molecule has 0 aliphatic carbocycles. The SMILES string of the molecule is CC[C@H](C)NC(=O)[C@H](Cc1ccccc1)N(Cc1cccc(C)c1)C(=O)CN(c1ccc(Oc2ccccc2)cc1)S(=O)(=O)c1ccccc1. The largest absolute Gasteiger partial charge is 0.457 e. The molecule has 2 amide bonds. The van der Waals surface area contributed by atoms with Crippen molar-refractivity contribution < 1.29 is 22.7 Å². The van der Waals surface area contributed by atoms with Gasteiger partial charge in [-0.3, -0.25) is 13.9 Å². The maximum Gasteiger partial charge on any atom is 0.264 e. The second-order valence-electron chi connectivity index (χ2n) is 12.3. The molecule has 5 rings (SSSR count). The molecule has 0 unspecified atom stereocenters. The number of anilines is 1. The third kappa shape index (κ3) is 9.39. The van der Waals surface area contributed by atoms with Crippen molar-refractivity contribution in [3.63, 3.8) is 0 Å². The number of rotatable bonds is 15. The molecule has 0 aliphatic rings. The number of aryl methyl sites for hydroxylation is 1. The van der Waals surface area contributed by atoms with Crippen LogP contribution in [-0.2, 0) is 32.6 Å². The zero-order valence-electron chi connectivity index (χ0n) is 28.6. The summed E-state index contributed by atoms with van der Waals surface area (Å²) in [4.78, 5) is 30.3. The minimum absolute atomic E-state index is 0.0398. The van der Waals surface area contributed by atoms with E-state index in [9.17, 15) is 18.0 Å². The Hall–Kier alpha value is -5.41. The van der Waals surface area contributed by atoms with Gasteiger partial charge in [-0.1, -0.05) is 103 Å². The van der Waals surface area contributed by atoms with E-state index < -0.39 is 28.5 Å². The Labute approximate surface area is 295 Å². The zero-order chi connectivity index (χ0) is 35.5. The number of benzene rings is 5. The standard InChI is InChI=1S/C41H43N3O5S/c1-4-32(3)42-41(46)39(28-33-16-8-5-9-17-33)43(29-34-18-14-15-31(2)27-34)40(45)30-44(50(47,48)38-21-12-7-13-22-38)35-23-25-37(26-24-35)49-36-19-10-6-11-20-36/h5-27,32,39H,4,28-30H2,1-3H3,(H,42,46)/t32-,39-/m0/s1. The van der Waals surface area contributed by atoms with Crippen molar-refractivity contribution in [1.82, 2.24) is 10.2 Å². The van der Waals surface area contributed by atoms with Gasteiger partial charge in [-0.2, -0.15) is 0 Å². The Balaban J connectivity index is 1.55. The third-order valence-electron chi connectivity index (χ3n) is 8.42. The summed E-state index contributed by atoms with van der Waals surface area (Å²) in [5.41, 5.74) is 2.99. The minimum Gasteiger partial charge on any atom is -0.457 e. The van der Waals surface area contributed by atoms with Crippen molar-refractivity contribution in [2.75, 3.05) is 10.8 Å². The lowest BCUT2D eigenvalue weighted by atomic mass is 10.0. The quantitative estimate of drug-likeness (QED) is 0.123. The maximum atomic E-state index is 14.7. The average molecular weight is 690 g/mol. The fourth-order valence-electron chi connectivity index (χ4n) is 5.56. The summed E-state index contributed by atoms with van der Waals surface area (Å²) >= 11 is 0. The molecule has 8 nitrogen and oxygen atoms in total. The molecular formula is C41H43N3O5S. The van der Waals surface area contributed by atoms with Gasteiger partial charge in [0.2, 0.25) is 11.8 Å². The first kappa shape index (κ1) is 35.9. The van der Waals surface area contributed by atoms with Crippen molar-refractivity contribution in [1.29, 1.82) is 0 Å². The van der Waals surface area contributed by atoms with Crippen molar-refractivity contribution in [3.05, 3.63) is 156 Å². The van der Waals surface area contributed by atoms with E-state index >= 15 is 0 Å². The van der Waals surface area contributed by atoms with Gasteiger partial charge in [0.1, 0.15) is 24.1 Å². The van der Waals surface area contributed by atoms with Crippen LogP contribution in [0.25, 0.3) is 0 Å². The number of sulfonamides is 1. The molecule has 5 aromatic rings. The molecule has 9 heteroatoms. The van der Waals surface area contributed by atoms with Gasteiger partial charge in [-0.25, -0.2) is 8.42 Å². The van der Waals surface area contributed by atoms with Crippen LogP contribution in [-0.4, -0.2) is 43.8 Å². The zero-order valence-corrected chi connectivity index (χ0v) is 29.4. The Morgan fingerprint density at radius 2 is 1.32 bits per heavy atom. The topological polar surface area (TPSA) is 96.0 Å². The highest BCUT2D eigenvalue weighted by atomic mass is 32.2. The molecule has 50 heavy (non-hydrogen) atoms. The molecule has 0 radical (unpaired) electrons. The highest BCUT2D eigenvalue weighted by Gasteiger charge is 2.35. The normalized spacial score (nSPS) is 12.4. The summed E-state index contributed by atoms with van der Waals surface area (Å²) in [6.07, 6.45) is 0.959. The van der Waals surface area contributed by atoms with Crippen LogP contribution in [0.15, 0.2) is 144 Å². The van der Waals surface area contributed by atoms with Crippen molar-refractivity contribution in [3.8, 4) is 11.5 Å². The van der Waals surface area contributed by atoms with E-state index in [2.05, 4.69) is 5.32 Å². The van der Waals surface area contributed by atoms with Gasteiger partial charge < -0.3 is 15.0 Å². The number of carbonyl (C=O) groups is 2. The minimum atomic E-state index is -4.22. The van der Waals surface area contributed by atoms with Crippen molar-refractivity contribution >= 4 is 27.5 Å². The van der Waals surface area contributed by atoms with Gasteiger partial charge in [0.05, 0.1) is 10.6 Å². The van der Waals surface area contributed by atoms with Crippen LogP contribution in [0.1, 0.15) is 37.0 Å². The second-order valence-corrected chi connectivity index (χ2v) is 14.1. The number of carbonyl (C=O) groups excluding carboxylic acids is 2. The lowest BCUT2D eigenvalue weighted by molar-refractivity contribution is -0.140. The molecule has 5 aromatic carbocycles. The number of nitrogens with zero attached hydrogens (tertiary/aromatic N) is 2. The maximum absolute atomic E-state index is 14.7. The number of hydrogen-bond acceptors (Lipinski definition) is 5. The number of nitrogens with one attached hydrogen (secondary N) is 1. The van der Waals surface area contributed by atoms with Gasteiger partial charge in [-0.05, 0) is 79.9 Å². The molecule has 0 bridgehead atoms. The summed E-state index contributed by atoms with van der Waals surface area (Å²) in [7, 11) is -4.22. The lowest BCUT2D eigenvalue weighted by Crippen LogP contribution is -2.54. The number of ether oxygens (including phenoxy) is 1. The molecule has 0 aromatic heterocycles. The molecule has 2 atom stereocenters. The predicted octanol–water partition coefficient (Wildman–Crippen LogP) is 7.54. The van der Waals surface area contributed by atoms with Gasteiger partial charge in [0, 0.05) is 19.0 Å². The van der Waals surface area contributed by atoms with Crippen LogP contribution in [0, 0.1) is 6.92 Å². The van der Waals surface area contributed by atoms with Crippen LogP contribution in [0.5, 0.6) is 11.5 Å². The van der Waals surface area contributed by atoms with E-state index in [4.69, 9.17) is 4.74 Å². The smallest absolute Gasteiger partial charge is 0.264 e. The monoisotopic (exact) mass is 689 g/mol.